The number of alkyl halides is 2. The minimum atomic E-state index is -2.97. The molecule has 2 aliphatic rings. The second-order valence-electron chi connectivity index (χ2n) is 12.0. The first-order valence-electron chi connectivity index (χ1n) is 15.1. The summed E-state index contributed by atoms with van der Waals surface area (Å²) in [5.41, 5.74) is 1.22. The van der Waals surface area contributed by atoms with E-state index in [-0.39, 0.29) is 46.6 Å². The predicted octanol–water partition coefficient (Wildman–Crippen LogP) is 4.37. The van der Waals surface area contributed by atoms with Crippen molar-refractivity contribution < 1.29 is 27.8 Å². The summed E-state index contributed by atoms with van der Waals surface area (Å²) in [5.74, 6) is -4.13. The monoisotopic (exact) mass is 634 g/mol. The number of amides is 2. The van der Waals surface area contributed by atoms with Gasteiger partial charge >= 0.3 is 0 Å². The number of aromatic nitrogens is 2. The van der Waals surface area contributed by atoms with Gasteiger partial charge in [-0.3, -0.25) is 14.4 Å². The number of carbonyl (C=O) groups excluding carboxylic acids is 2. The lowest BCUT2D eigenvalue weighted by Gasteiger charge is -2.39. The first-order chi connectivity index (χ1) is 21.9. The summed E-state index contributed by atoms with van der Waals surface area (Å²) in [5, 5.41) is 15.5. The predicted molar refractivity (Wildman–Crippen MR) is 166 cm³/mol. The first-order valence-corrected chi connectivity index (χ1v) is 15.1. The van der Waals surface area contributed by atoms with Crippen LogP contribution >= 0.6 is 0 Å². The minimum absolute atomic E-state index is 0.0172. The van der Waals surface area contributed by atoms with E-state index in [0.29, 0.717) is 24.2 Å². The van der Waals surface area contributed by atoms with Crippen LogP contribution < -0.4 is 20.9 Å². The number of likely N-dealkylation sites (tertiary alicyclic amines) is 1. The molecule has 1 aliphatic heterocycles. The van der Waals surface area contributed by atoms with Crippen LogP contribution in [0.2, 0.25) is 0 Å². The molecule has 3 heterocycles. The number of nitriles is 1. The highest BCUT2D eigenvalue weighted by molar-refractivity contribution is 6.05. The van der Waals surface area contributed by atoms with Crippen LogP contribution in [0.15, 0.2) is 47.4 Å². The number of hydrogen-bond donors (Lipinski definition) is 2. The Morgan fingerprint density at radius 3 is 2.50 bits per heavy atom. The van der Waals surface area contributed by atoms with Crippen LogP contribution in [0.1, 0.15) is 71.5 Å². The maximum absolute atomic E-state index is 13.6. The molecule has 1 aromatic carbocycles. The van der Waals surface area contributed by atoms with Crippen LogP contribution in [-0.2, 0) is 11.3 Å². The van der Waals surface area contributed by atoms with Gasteiger partial charge in [-0.25, -0.2) is 8.78 Å². The van der Waals surface area contributed by atoms with Crippen molar-refractivity contribution >= 4 is 17.6 Å². The average Bonchev–Trinajstić information content (AvgIpc) is 3.84. The third kappa shape index (κ3) is 7.58. The van der Waals surface area contributed by atoms with Gasteiger partial charge in [-0.2, -0.15) is 10.2 Å². The molecular formula is C33H36F2N6O5. The largest absolute Gasteiger partial charge is 0.475 e. The smallest absolute Gasteiger partial charge is 0.282 e. The van der Waals surface area contributed by atoms with Crippen LogP contribution in [0, 0.1) is 11.3 Å². The Morgan fingerprint density at radius 1 is 1.13 bits per heavy atom. The molecule has 1 aliphatic carbocycles. The number of anilines is 1. The molecule has 13 heteroatoms. The van der Waals surface area contributed by atoms with E-state index in [4.69, 9.17) is 9.47 Å². The molecule has 46 heavy (non-hydrogen) atoms. The molecule has 0 bridgehead atoms. The molecule has 3 aromatic rings. The zero-order valence-corrected chi connectivity index (χ0v) is 26.1. The van der Waals surface area contributed by atoms with Crippen molar-refractivity contribution in [1.82, 2.24) is 19.8 Å². The molecule has 242 valence electrons. The molecule has 1 saturated heterocycles. The van der Waals surface area contributed by atoms with Gasteiger partial charge in [-0.1, -0.05) is 6.07 Å². The lowest BCUT2D eigenvalue weighted by atomic mass is 9.96. The number of benzene rings is 1. The van der Waals surface area contributed by atoms with E-state index in [1.54, 1.807) is 49.9 Å². The quantitative estimate of drug-likeness (QED) is 0.300. The molecule has 0 unspecified atom stereocenters. The lowest BCUT2D eigenvalue weighted by Crippen LogP contribution is -2.58. The van der Waals surface area contributed by atoms with Gasteiger partial charge in [0.25, 0.3) is 23.3 Å². The molecule has 2 aromatic heterocycles. The average molecular weight is 635 g/mol. The summed E-state index contributed by atoms with van der Waals surface area (Å²) in [7, 11) is 1.62. The molecule has 2 N–H and O–H groups in total. The van der Waals surface area contributed by atoms with E-state index in [2.05, 4.69) is 15.6 Å². The Morgan fingerprint density at radius 2 is 1.87 bits per heavy atom. The van der Waals surface area contributed by atoms with Gasteiger partial charge in [0, 0.05) is 44.1 Å². The molecule has 0 spiro atoms. The molecule has 11 nitrogen and oxygen atoms in total. The standard InChI is InChI=1S/C33H36F2N6O5/c1-19(2)46-29-12-23(25-8-5-21(13-36)9-26(25)31(43)40-17-33(34,35)18-40)11-28(38-29)39-30(42)27-10-22(15-37-14-20(3)45-4)16-41(32(27)44)24-6-7-24/h5,8-12,16,19-20,24,37H,6-7,14-15,17-18H2,1-4H3,(H,38,39,42)/t20-/m0/s1. The molecular weight excluding hydrogens is 598 g/mol. The number of methoxy groups -OCH3 is 1. The fourth-order valence-electron chi connectivity index (χ4n) is 5.13. The van der Waals surface area contributed by atoms with Crippen molar-refractivity contribution in [3.8, 4) is 23.1 Å². The normalized spacial score (nSPS) is 16.0. The number of carbonyl (C=O) groups is 2. The van der Waals surface area contributed by atoms with Crippen LogP contribution in [0.4, 0.5) is 14.6 Å². The van der Waals surface area contributed by atoms with Crippen molar-refractivity contribution in [2.24, 2.45) is 0 Å². The van der Waals surface area contributed by atoms with Crippen molar-refractivity contribution in [3.63, 3.8) is 0 Å². The van der Waals surface area contributed by atoms with Gasteiger partial charge in [-0.05, 0) is 74.6 Å². The molecule has 2 fully saturated rings. The topological polar surface area (TPSA) is 139 Å². The van der Waals surface area contributed by atoms with Crippen LogP contribution in [0.3, 0.4) is 0 Å². The Labute approximate surface area is 265 Å². The number of pyridine rings is 2. The number of nitrogens with zero attached hydrogens (tertiary/aromatic N) is 4. The number of nitrogens with one attached hydrogen (secondary N) is 2. The first kappa shape index (κ1) is 32.7. The second-order valence-corrected chi connectivity index (χ2v) is 12.0. The van der Waals surface area contributed by atoms with Crippen molar-refractivity contribution in [3.05, 3.63) is 75.2 Å². The van der Waals surface area contributed by atoms with E-state index in [1.165, 1.54) is 18.2 Å². The summed E-state index contributed by atoms with van der Waals surface area (Å²) >= 11 is 0. The Balaban J connectivity index is 1.49. The Kier molecular flexibility index (Phi) is 9.50. The van der Waals surface area contributed by atoms with E-state index < -0.39 is 36.4 Å². The van der Waals surface area contributed by atoms with E-state index in [9.17, 15) is 28.4 Å². The second kappa shape index (κ2) is 13.4. The van der Waals surface area contributed by atoms with Gasteiger partial charge in [-0.15, -0.1) is 0 Å². The van der Waals surface area contributed by atoms with Gasteiger partial charge < -0.3 is 29.6 Å². The third-order valence-corrected chi connectivity index (χ3v) is 7.67. The van der Waals surface area contributed by atoms with Crippen molar-refractivity contribution in [1.29, 1.82) is 5.26 Å². The van der Waals surface area contributed by atoms with Crippen LogP contribution in [0.25, 0.3) is 11.1 Å². The highest BCUT2D eigenvalue weighted by Gasteiger charge is 2.46. The summed E-state index contributed by atoms with van der Waals surface area (Å²) in [6.45, 7) is 5.06. The molecule has 1 atom stereocenters. The maximum Gasteiger partial charge on any atom is 0.282 e. The fraction of sp³-hybridized carbons (Fsp3) is 0.424. The van der Waals surface area contributed by atoms with Crippen LogP contribution in [0.5, 0.6) is 5.88 Å². The van der Waals surface area contributed by atoms with Crippen molar-refractivity contribution in [2.75, 3.05) is 32.1 Å². The minimum Gasteiger partial charge on any atom is -0.475 e. The van der Waals surface area contributed by atoms with E-state index in [0.717, 1.165) is 23.3 Å². The molecule has 2 amide bonds. The maximum atomic E-state index is 13.6. The van der Waals surface area contributed by atoms with Gasteiger partial charge in [0.05, 0.1) is 36.9 Å². The summed E-state index contributed by atoms with van der Waals surface area (Å²) in [6.07, 6.45) is 3.15. The number of rotatable bonds is 12. The van der Waals surface area contributed by atoms with Gasteiger partial charge in [0.1, 0.15) is 11.4 Å². The summed E-state index contributed by atoms with van der Waals surface area (Å²) in [6, 6.07) is 11.0. The number of halogens is 2. The highest BCUT2D eigenvalue weighted by Crippen LogP contribution is 2.35. The highest BCUT2D eigenvalue weighted by atomic mass is 19.3. The zero-order valence-electron chi connectivity index (χ0n) is 26.1. The summed E-state index contributed by atoms with van der Waals surface area (Å²) < 4.78 is 39.9. The zero-order chi connectivity index (χ0) is 33.2. The Bertz CT molecular complexity index is 1740. The van der Waals surface area contributed by atoms with Crippen molar-refractivity contribution in [2.45, 2.75) is 64.3 Å². The molecule has 0 radical (unpaired) electrons. The molecule has 5 rings (SSSR count). The van der Waals surface area contributed by atoms with Gasteiger partial charge in [0.2, 0.25) is 5.88 Å². The van der Waals surface area contributed by atoms with Crippen LogP contribution in [-0.4, -0.2) is 71.1 Å². The number of ether oxygens (including phenoxy) is 2. The van der Waals surface area contributed by atoms with E-state index >= 15 is 0 Å². The number of hydrogen-bond acceptors (Lipinski definition) is 8. The summed E-state index contributed by atoms with van der Waals surface area (Å²) in [4.78, 5) is 45.7. The SMILES string of the molecule is CO[C@@H](C)CNCc1cc(C(=O)Nc2cc(-c3ccc(C#N)cc3C(=O)N3CC(F)(F)C3)cc(OC(C)C)n2)c(=O)n(C2CC2)c1. The Hall–Kier alpha value is -4.67. The fourth-order valence-corrected chi connectivity index (χ4v) is 5.13. The van der Waals surface area contributed by atoms with Gasteiger partial charge in [0.15, 0.2) is 0 Å². The third-order valence-electron chi connectivity index (χ3n) is 7.67. The molecule has 1 saturated carbocycles. The van der Waals surface area contributed by atoms with E-state index in [1.807, 2.05) is 13.0 Å². The lowest BCUT2D eigenvalue weighted by molar-refractivity contribution is -0.113.